The van der Waals surface area contributed by atoms with Gasteiger partial charge in [0.05, 0.1) is 32.2 Å². The molecule has 1 aliphatic rings. The SMILES string of the molecule is COc1cc2c(cc1OC)[C@@H](c1ccccc1)N(C(=O)c1cnc(C)cn1)CC2. The molecule has 0 aliphatic carbocycles. The number of methoxy groups -OCH3 is 2. The van der Waals surface area contributed by atoms with Crippen molar-refractivity contribution in [2.45, 2.75) is 19.4 Å². The summed E-state index contributed by atoms with van der Waals surface area (Å²) in [7, 11) is 3.25. The number of carbonyl (C=O) groups is 1. The molecule has 0 saturated heterocycles. The second-order valence-corrected chi connectivity index (χ2v) is 7.01. The van der Waals surface area contributed by atoms with Gasteiger partial charge in [0.25, 0.3) is 5.91 Å². The van der Waals surface area contributed by atoms with E-state index in [1.54, 1.807) is 26.6 Å². The monoisotopic (exact) mass is 389 g/mol. The third-order valence-electron chi connectivity index (χ3n) is 5.25. The average Bonchev–Trinajstić information content (AvgIpc) is 2.77. The smallest absolute Gasteiger partial charge is 0.274 e. The van der Waals surface area contributed by atoms with Crippen LogP contribution in [0.25, 0.3) is 0 Å². The maximum atomic E-state index is 13.3. The van der Waals surface area contributed by atoms with Crippen LogP contribution in [0.5, 0.6) is 11.5 Å². The molecular formula is C23H23N3O3. The van der Waals surface area contributed by atoms with E-state index >= 15 is 0 Å². The maximum absolute atomic E-state index is 13.3. The van der Waals surface area contributed by atoms with Crippen molar-refractivity contribution in [3.63, 3.8) is 0 Å². The highest BCUT2D eigenvalue weighted by atomic mass is 16.5. The van der Waals surface area contributed by atoms with Crippen molar-refractivity contribution >= 4 is 5.91 Å². The fourth-order valence-corrected chi connectivity index (χ4v) is 3.81. The molecule has 1 aromatic heterocycles. The van der Waals surface area contributed by atoms with E-state index < -0.39 is 0 Å². The van der Waals surface area contributed by atoms with E-state index in [0.29, 0.717) is 23.7 Å². The molecule has 3 aromatic rings. The van der Waals surface area contributed by atoms with Gasteiger partial charge in [0.1, 0.15) is 5.69 Å². The predicted octanol–water partition coefficient (Wildman–Crippen LogP) is 3.59. The summed E-state index contributed by atoms with van der Waals surface area (Å²) >= 11 is 0. The van der Waals surface area contributed by atoms with Gasteiger partial charge in [-0.15, -0.1) is 0 Å². The Balaban J connectivity index is 1.83. The molecular weight excluding hydrogens is 366 g/mol. The van der Waals surface area contributed by atoms with Crippen LogP contribution in [0, 0.1) is 6.92 Å². The van der Waals surface area contributed by atoms with Crippen LogP contribution < -0.4 is 9.47 Å². The highest BCUT2D eigenvalue weighted by Crippen LogP contribution is 2.41. The first-order valence-corrected chi connectivity index (χ1v) is 9.51. The number of hydrogen-bond acceptors (Lipinski definition) is 5. The number of ether oxygens (including phenoxy) is 2. The summed E-state index contributed by atoms with van der Waals surface area (Å²) in [6, 6.07) is 13.8. The molecule has 0 saturated carbocycles. The van der Waals surface area contributed by atoms with Crippen molar-refractivity contribution in [2.24, 2.45) is 0 Å². The van der Waals surface area contributed by atoms with Gasteiger partial charge in [-0.1, -0.05) is 30.3 Å². The molecule has 0 bridgehead atoms. The first kappa shape index (κ1) is 18.9. The van der Waals surface area contributed by atoms with Crippen molar-refractivity contribution < 1.29 is 14.3 Å². The van der Waals surface area contributed by atoms with E-state index in [2.05, 4.69) is 9.97 Å². The summed E-state index contributed by atoms with van der Waals surface area (Å²) < 4.78 is 11.0. The van der Waals surface area contributed by atoms with Gasteiger partial charge in [-0.3, -0.25) is 9.78 Å². The number of aromatic nitrogens is 2. The number of nitrogens with zero attached hydrogens (tertiary/aromatic N) is 3. The van der Waals surface area contributed by atoms with Crippen LogP contribution in [0.15, 0.2) is 54.9 Å². The summed E-state index contributed by atoms with van der Waals surface area (Å²) in [6.45, 7) is 2.43. The Kier molecular flexibility index (Phi) is 5.16. The molecule has 6 heteroatoms. The van der Waals surface area contributed by atoms with Crippen molar-refractivity contribution in [2.75, 3.05) is 20.8 Å². The molecule has 1 aliphatic heterocycles. The maximum Gasteiger partial charge on any atom is 0.274 e. The standard InChI is InChI=1S/C23H23N3O3/c1-15-13-25-19(14-24-15)23(27)26-10-9-17-11-20(28-2)21(29-3)12-18(17)22(26)16-7-5-4-6-8-16/h4-8,11-14,22H,9-10H2,1-3H3/t22-/m1/s1. The highest BCUT2D eigenvalue weighted by molar-refractivity contribution is 5.92. The average molecular weight is 389 g/mol. The Morgan fingerprint density at radius 1 is 1.03 bits per heavy atom. The number of aryl methyl sites for hydroxylation is 1. The Bertz CT molecular complexity index is 1020. The van der Waals surface area contributed by atoms with Crippen LogP contribution in [0.3, 0.4) is 0 Å². The number of rotatable bonds is 4. The predicted molar refractivity (Wildman–Crippen MR) is 109 cm³/mol. The van der Waals surface area contributed by atoms with E-state index in [-0.39, 0.29) is 11.9 Å². The van der Waals surface area contributed by atoms with Gasteiger partial charge in [-0.2, -0.15) is 0 Å². The van der Waals surface area contributed by atoms with Crippen LogP contribution in [0.4, 0.5) is 0 Å². The number of fused-ring (bicyclic) bond motifs is 1. The molecule has 0 radical (unpaired) electrons. The Morgan fingerprint density at radius 3 is 2.41 bits per heavy atom. The molecule has 0 N–H and O–H groups in total. The zero-order valence-electron chi connectivity index (χ0n) is 16.8. The summed E-state index contributed by atoms with van der Waals surface area (Å²) in [6.07, 6.45) is 3.89. The van der Waals surface area contributed by atoms with Gasteiger partial charge < -0.3 is 14.4 Å². The first-order chi connectivity index (χ1) is 14.1. The van der Waals surface area contributed by atoms with Crippen LogP contribution >= 0.6 is 0 Å². The van der Waals surface area contributed by atoms with Crippen LogP contribution in [-0.4, -0.2) is 41.5 Å². The second kappa shape index (κ2) is 7.91. The lowest BCUT2D eigenvalue weighted by atomic mass is 9.87. The largest absolute Gasteiger partial charge is 0.493 e. The van der Waals surface area contributed by atoms with Crippen molar-refractivity contribution in [3.05, 3.63) is 82.9 Å². The van der Waals surface area contributed by atoms with E-state index in [9.17, 15) is 4.79 Å². The fraction of sp³-hybridized carbons (Fsp3) is 0.261. The minimum absolute atomic E-state index is 0.133. The molecule has 2 aromatic carbocycles. The van der Waals surface area contributed by atoms with Crippen molar-refractivity contribution in [1.82, 2.24) is 14.9 Å². The lowest BCUT2D eigenvalue weighted by molar-refractivity contribution is 0.0687. The van der Waals surface area contributed by atoms with Gasteiger partial charge >= 0.3 is 0 Å². The molecule has 1 atom stereocenters. The Morgan fingerprint density at radius 2 is 1.76 bits per heavy atom. The van der Waals surface area contributed by atoms with Crippen molar-refractivity contribution in [3.8, 4) is 11.5 Å². The molecule has 0 fully saturated rings. The third kappa shape index (κ3) is 3.53. The van der Waals surface area contributed by atoms with Gasteiger partial charge in [-0.25, -0.2) is 4.98 Å². The molecule has 1 amide bonds. The molecule has 0 unspecified atom stereocenters. The van der Waals surface area contributed by atoms with Crippen LogP contribution in [-0.2, 0) is 6.42 Å². The lowest BCUT2D eigenvalue weighted by Crippen LogP contribution is -2.41. The van der Waals surface area contributed by atoms with E-state index in [0.717, 1.165) is 28.8 Å². The highest BCUT2D eigenvalue weighted by Gasteiger charge is 2.34. The van der Waals surface area contributed by atoms with E-state index in [1.165, 1.54) is 0 Å². The zero-order valence-corrected chi connectivity index (χ0v) is 16.8. The summed E-state index contributed by atoms with van der Waals surface area (Å²) in [5.74, 6) is 1.21. The molecule has 6 nitrogen and oxygen atoms in total. The molecule has 148 valence electrons. The van der Waals surface area contributed by atoms with Gasteiger partial charge in [-0.05, 0) is 42.2 Å². The Labute approximate surface area is 170 Å². The summed E-state index contributed by atoms with van der Waals surface area (Å²) in [4.78, 5) is 23.8. The van der Waals surface area contributed by atoms with Gasteiger partial charge in [0.2, 0.25) is 0 Å². The summed E-state index contributed by atoms with van der Waals surface area (Å²) in [5.41, 5.74) is 4.35. The van der Waals surface area contributed by atoms with E-state index in [4.69, 9.17) is 9.47 Å². The minimum atomic E-state index is -0.240. The quantitative estimate of drug-likeness (QED) is 0.682. The fourth-order valence-electron chi connectivity index (χ4n) is 3.81. The first-order valence-electron chi connectivity index (χ1n) is 9.51. The van der Waals surface area contributed by atoms with E-state index in [1.807, 2.05) is 54.3 Å². The summed E-state index contributed by atoms with van der Waals surface area (Å²) in [5, 5.41) is 0. The molecule has 4 rings (SSSR count). The lowest BCUT2D eigenvalue weighted by Gasteiger charge is -2.38. The number of amides is 1. The molecule has 29 heavy (non-hydrogen) atoms. The van der Waals surface area contributed by atoms with Gasteiger partial charge in [0, 0.05) is 12.7 Å². The third-order valence-corrected chi connectivity index (χ3v) is 5.25. The Hall–Kier alpha value is -3.41. The second-order valence-electron chi connectivity index (χ2n) is 7.01. The molecule has 2 heterocycles. The number of hydrogen-bond donors (Lipinski definition) is 0. The number of carbonyl (C=O) groups excluding carboxylic acids is 1. The zero-order chi connectivity index (χ0) is 20.4. The molecule has 0 spiro atoms. The number of benzene rings is 2. The van der Waals surface area contributed by atoms with Gasteiger partial charge in [0.15, 0.2) is 11.5 Å². The van der Waals surface area contributed by atoms with Crippen LogP contribution in [0.2, 0.25) is 0 Å². The van der Waals surface area contributed by atoms with Crippen molar-refractivity contribution in [1.29, 1.82) is 0 Å². The minimum Gasteiger partial charge on any atom is -0.493 e. The normalized spacial score (nSPS) is 15.6. The topological polar surface area (TPSA) is 64.6 Å². The van der Waals surface area contributed by atoms with Crippen LogP contribution in [0.1, 0.15) is 38.9 Å².